The lowest BCUT2D eigenvalue weighted by atomic mass is 9.96. The molecule has 0 aliphatic carbocycles. The second kappa shape index (κ2) is 4.78. The molecule has 0 saturated heterocycles. The van der Waals surface area contributed by atoms with E-state index in [1.54, 1.807) is 6.07 Å². The van der Waals surface area contributed by atoms with Gasteiger partial charge in [-0.05, 0) is 47.9 Å². The normalized spacial score (nSPS) is 13.7. The van der Waals surface area contributed by atoms with Crippen LogP contribution in [-0.4, -0.2) is 16.2 Å². The molecule has 0 saturated carbocycles. The zero-order chi connectivity index (χ0) is 16.1. The predicted octanol–water partition coefficient (Wildman–Crippen LogP) is 4.28. The van der Waals surface area contributed by atoms with E-state index in [1.807, 2.05) is 62.4 Å². The molecule has 112 valence electrons. The van der Waals surface area contributed by atoms with Crippen LogP contribution in [0.4, 0.5) is 5.69 Å². The molecule has 3 aromatic rings. The quantitative estimate of drug-likeness (QED) is 0.497. The van der Waals surface area contributed by atoms with Crippen LogP contribution in [0, 0.1) is 19.1 Å². The number of fused-ring (bicyclic) bond motifs is 2. The highest BCUT2D eigenvalue weighted by atomic mass is 16.5. The van der Waals surface area contributed by atoms with Gasteiger partial charge in [-0.1, -0.05) is 36.4 Å². The van der Waals surface area contributed by atoms with E-state index in [4.69, 9.17) is 0 Å². The average Bonchev–Trinajstić information content (AvgIpc) is 2.79. The van der Waals surface area contributed by atoms with Gasteiger partial charge in [-0.15, -0.1) is 0 Å². The number of hydrogen-bond acceptors (Lipinski definition) is 2. The summed E-state index contributed by atoms with van der Waals surface area (Å²) in [6, 6.07) is 17.1. The summed E-state index contributed by atoms with van der Waals surface area (Å²) in [6.07, 6.45) is 0. The van der Waals surface area contributed by atoms with E-state index in [1.165, 1.54) is 0 Å². The first-order chi connectivity index (χ1) is 11.1. The molecule has 3 nitrogen and oxygen atoms in total. The van der Waals surface area contributed by atoms with Crippen molar-refractivity contribution in [2.45, 2.75) is 13.8 Å². The lowest BCUT2D eigenvalue weighted by Gasteiger charge is -2.06. The molecule has 1 aliphatic heterocycles. The van der Waals surface area contributed by atoms with Gasteiger partial charge < -0.3 is 5.21 Å². The Morgan fingerprint density at radius 2 is 1.57 bits per heavy atom. The van der Waals surface area contributed by atoms with Gasteiger partial charge in [0, 0.05) is 6.07 Å². The SMILES string of the molecule is Cc1cc2c(cc1C)[N+]([O-])=C(c1cccc3ccccc13)C2=O. The Morgan fingerprint density at radius 3 is 2.39 bits per heavy atom. The zero-order valence-electron chi connectivity index (χ0n) is 13.0. The minimum Gasteiger partial charge on any atom is -0.618 e. The maximum Gasteiger partial charge on any atom is 0.273 e. The number of carbonyl (C=O) groups is 1. The highest BCUT2D eigenvalue weighted by Crippen LogP contribution is 2.32. The summed E-state index contributed by atoms with van der Waals surface area (Å²) < 4.78 is 0.784. The first-order valence-electron chi connectivity index (χ1n) is 7.56. The predicted molar refractivity (Wildman–Crippen MR) is 91.6 cm³/mol. The number of carbonyl (C=O) groups excluding carboxylic acids is 1. The summed E-state index contributed by atoms with van der Waals surface area (Å²) in [5.41, 5.74) is 3.87. The smallest absolute Gasteiger partial charge is 0.273 e. The third kappa shape index (κ3) is 1.90. The molecule has 4 rings (SSSR count). The fraction of sp³-hybridized carbons (Fsp3) is 0.100. The number of hydrogen-bond donors (Lipinski definition) is 0. The molecular formula is C20H15NO2. The summed E-state index contributed by atoms with van der Waals surface area (Å²) in [6.45, 7) is 3.90. The zero-order valence-corrected chi connectivity index (χ0v) is 13.0. The molecule has 0 atom stereocenters. The molecule has 0 N–H and O–H groups in total. The molecule has 23 heavy (non-hydrogen) atoms. The third-order valence-corrected chi connectivity index (χ3v) is 4.54. The van der Waals surface area contributed by atoms with Gasteiger partial charge in [-0.3, -0.25) is 4.79 Å². The van der Waals surface area contributed by atoms with Crippen molar-refractivity contribution in [2.75, 3.05) is 0 Å². The van der Waals surface area contributed by atoms with Gasteiger partial charge in [0.2, 0.25) is 5.69 Å². The second-order valence-electron chi connectivity index (χ2n) is 5.95. The van der Waals surface area contributed by atoms with Gasteiger partial charge in [-0.25, -0.2) is 0 Å². The van der Waals surface area contributed by atoms with Crippen molar-refractivity contribution in [3.63, 3.8) is 0 Å². The number of aryl methyl sites for hydroxylation is 2. The van der Waals surface area contributed by atoms with Gasteiger partial charge in [0.05, 0.1) is 5.56 Å². The second-order valence-corrected chi connectivity index (χ2v) is 5.95. The maximum absolute atomic E-state index is 12.8. The van der Waals surface area contributed by atoms with Gasteiger partial charge >= 0.3 is 0 Å². The molecule has 0 fully saturated rings. The van der Waals surface area contributed by atoms with E-state index >= 15 is 0 Å². The summed E-state index contributed by atoms with van der Waals surface area (Å²) in [5.74, 6) is -0.200. The van der Waals surface area contributed by atoms with Gasteiger partial charge in [0.15, 0.2) is 0 Å². The number of ketones is 1. The standard InChI is InChI=1S/C20H15NO2/c1-12-10-17-18(11-13(12)2)21(23)19(20(17)22)16-9-5-7-14-6-3-4-8-15(14)16/h3-11H,1-2H3. The minimum atomic E-state index is -0.200. The van der Waals surface area contributed by atoms with Crippen LogP contribution in [0.2, 0.25) is 0 Å². The van der Waals surface area contributed by atoms with Crippen molar-refractivity contribution in [1.82, 2.24) is 0 Å². The molecule has 0 bridgehead atoms. The molecule has 1 heterocycles. The Kier molecular flexibility index (Phi) is 2.85. The summed E-state index contributed by atoms with van der Waals surface area (Å²) in [7, 11) is 0. The summed E-state index contributed by atoms with van der Waals surface area (Å²) >= 11 is 0. The molecule has 0 aromatic heterocycles. The van der Waals surface area contributed by atoms with E-state index < -0.39 is 0 Å². The van der Waals surface area contributed by atoms with Crippen molar-refractivity contribution in [1.29, 1.82) is 0 Å². The lowest BCUT2D eigenvalue weighted by molar-refractivity contribution is -0.355. The van der Waals surface area contributed by atoms with E-state index in [9.17, 15) is 10.0 Å². The number of Topliss-reactive ketones (excluding diaryl/α,β-unsaturated/α-hetero) is 1. The number of nitrogens with zero attached hydrogens (tertiary/aromatic N) is 1. The molecule has 3 aromatic carbocycles. The highest BCUT2D eigenvalue weighted by Gasteiger charge is 2.37. The Hall–Kier alpha value is -2.94. The lowest BCUT2D eigenvalue weighted by Crippen LogP contribution is -2.17. The van der Waals surface area contributed by atoms with E-state index in [0.717, 1.165) is 26.6 Å². The monoisotopic (exact) mass is 301 g/mol. The molecule has 0 unspecified atom stereocenters. The van der Waals surface area contributed by atoms with E-state index in [-0.39, 0.29) is 11.5 Å². The van der Waals surface area contributed by atoms with Gasteiger partial charge in [-0.2, -0.15) is 4.74 Å². The molecule has 1 aliphatic rings. The van der Waals surface area contributed by atoms with Crippen LogP contribution < -0.4 is 0 Å². The number of benzene rings is 3. The van der Waals surface area contributed by atoms with E-state index in [2.05, 4.69) is 0 Å². The first kappa shape index (κ1) is 13.7. The fourth-order valence-corrected chi connectivity index (χ4v) is 3.15. The van der Waals surface area contributed by atoms with Crippen LogP contribution in [0.5, 0.6) is 0 Å². The Balaban J connectivity index is 2.01. The van der Waals surface area contributed by atoms with Crippen LogP contribution in [0.15, 0.2) is 54.6 Å². The Morgan fingerprint density at radius 1 is 0.870 bits per heavy atom. The van der Waals surface area contributed by atoms with Crippen molar-refractivity contribution >= 4 is 28.0 Å². The molecule has 0 amide bonds. The molecule has 0 spiro atoms. The van der Waals surface area contributed by atoms with Crippen LogP contribution in [0.3, 0.4) is 0 Å². The van der Waals surface area contributed by atoms with Crippen LogP contribution >= 0.6 is 0 Å². The summed E-state index contributed by atoms with van der Waals surface area (Å²) in [5, 5.41) is 14.7. The summed E-state index contributed by atoms with van der Waals surface area (Å²) in [4.78, 5) is 12.8. The first-order valence-corrected chi connectivity index (χ1v) is 7.56. The maximum atomic E-state index is 12.8. The van der Waals surface area contributed by atoms with Crippen molar-refractivity contribution in [3.05, 3.63) is 82.1 Å². The van der Waals surface area contributed by atoms with Crippen molar-refractivity contribution in [2.24, 2.45) is 0 Å². The van der Waals surface area contributed by atoms with Gasteiger partial charge in [0.1, 0.15) is 5.56 Å². The molecular weight excluding hydrogens is 286 g/mol. The topological polar surface area (TPSA) is 43.1 Å². The highest BCUT2D eigenvalue weighted by molar-refractivity contribution is 6.53. The van der Waals surface area contributed by atoms with Crippen LogP contribution in [0.1, 0.15) is 27.0 Å². The number of rotatable bonds is 1. The average molecular weight is 301 g/mol. The van der Waals surface area contributed by atoms with Crippen LogP contribution in [-0.2, 0) is 0 Å². The minimum absolute atomic E-state index is 0.200. The Labute approximate surface area is 134 Å². The van der Waals surface area contributed by atoms with Crippen molar-refractivity contribution < 1.29 is 9.53 Å². The van der Waals surface area contributed by atoms with Crippen molar-refractivity contribution in [3.8, 4) is 0 Å². The van der Waals surface area contributed by atoms with Gasteiger partial charge in [0.25, 0.3) is 11.5 Å². The van der Waals surface area contributed by atoms with Crippen LogP contribution in [0.25, 0.3) is 10.8 Å². The van der Waals surface area contributed by atoms with E-state index in [0.29, 0.717) is 16.8 Å². The largest absolute Gasteiger partial charge is 0.618 e. The fourth-order valence-electron chi connectivity index (χ4n) is 3.15. The molecule has 3 heteroatoms. The third-order valence-electron chi connectivity index (χ3n) is 4.54. The molecule has 0 radical (unpaired) electrons. The Bertz CT molecular complexity index is 1010.